The molecule has 4 nitrogen and oxygen atoms in total. The molecule has 1 aromatic carbocycles. The first-order chi connectivity index (χ1) is 9.02. The maximum absolute atomic E-state index is 11.9. The van der Waals surface area contributed by atoms with Gasteiger partial charge in [0.25, 0.3) is 5.91 Å². The molecule has 0 spiro atoms. The third kappa shape index (κ3) is 5.75. The second-order valence-corrected chi connectivity index (χ2v) is 4.78. The summed E-state index contributed by atoms with van der Waals surface area (Å²) >= 11 is 0. The summed E-state index contributed by atoms with van der Waals surface area (Å²) in [6.45, 7) is 9.34. The third-order valence-corrected chi connectivity index (χ3v) is 2.81. The number of amides is 1. The van der Waals surface area contributed by atoms with E-state index < -0.39 is 6.10 Å². The molecule has 2 N–H and O–H groups in total. The molecule has 1 amide bonds. The molecule has 19 heavy (non-hydrogen) atoms. The van der Waals surface area contributed by atoms with Gasteiger partial charge in [-0.3, -0.25) is 4.79 Å². The first kappa shape index (κ1) is 15.5. The number of carbonyl (C=O) groups excluding carboxylic acids is 1. The number of hydrogen-bond acceptors (Lipinski definition) is 3. The molecule has 0 heterocycles. The van der Waals surface area contributed by atoms with Crippen molar-refractivity contribution in [1.29, 1.82) is 0 Å². The highest BCUT2D eigenvalue weighted by molar-refractivity contribution is 5.80. The number of rotatable bonds is 7. The molecule has 1 unspecified atom stereocenters. The van der Waals surface area contributed by atoms with E-state index in [1.54, 1.807) is 6.92 Å². The van der Waals surface area contributed by atoms with Crippen LogP contribution in [0.1, 0.15) is 26.3 Å². The van der Waals surface area contributed by atoms with Gasteiger partial charge in [-0.2, -0.15) is 0 Å². The van der Waals surface area contributed by atoms with Gasteiger partial charge in [0.05, 0.1) is 0 Å². The normalized spacial score (nSPS) is 13.7. The van der Waals surface area contributed by atoms with E-state index in [9.17, 15) is 4.79 Å². The highest BCUT2D eigenvalue weighted by Crippen LogP contribution is 2.14. The van der Waals surface area contributed by atoms with Crippen LogP contribution >= 0.6 is 0 Å². The number of hydrogen-bond donors (Lipinski definition) is 2. The summed E-state index contributed by atoms with van der Waals surface area (Å²) in [4.78, 5) is 11.9. The van der Waals surface area contributed by atoms with Crippen molar-refractivity contribution in [1.82, 2.24) is 10.6 Å². The fourth-order valence-corrected chi connectivity index (χ4v) is 1.76. The van der Waals surface area contributed by atoms with Crippen LogP contribution < -0.4 is 15.4 Å². The molecule has 0 radical (unpaired) electrons. The molecule has 0 bridgehead atoms. The standard InChI is InChI=1S/C15H24N2O2/c1-5-16-12(3)10-17-15(18)13(4)19-14-8-6-7-11(2)9-14/h6-9,12-13,16H,5,10H2,1-4H3,(H,17,18)/t12-,13?/m1/s1. The fourth-order valence-electron chi connectivity index (χ4n) is 1.76. The molecule has 106 valence electrons. The van der Waals surface area contributed by atoms with E-state index in [-0.39, 0.29) is 11.9 Å². The molecule has 0 fully saturated rings. The van der Waals surface area contributed by atoms with Crippen LogP contribution in [0.3, 0.4) is 0 Å². The van der Waals surface area contributed by atoms with Crippen molar-refractivity contribution in [3.05, 3.63) is 29.8 Å². The molecule has 2 atom stereocenters. The zero-order valence-electron chi connectivity index (χ0n) is 12.2. The van der Waals surface area contributed by atoms with E-state index in [1.165, 1.54) is 0 Å². The van der Waals surface area contributed by atoms with Crippen LogP contribution in [0.25, 0.3) is 0 Å². The van der Waals surface area contributed by atoms with Gasteiger partial charge in [-0.05, 0) is 45.0 Å². The molecule has 0 saturated carbocycles. The number of aryl methyl sites for hydroxylation is 1. The van der Waals surface area contributed by atoms with Crippen LogP contribution in [0, 0.1) is 6.92 Å². The molecule has 0 aliphatic rings. The molecule has 1 aromatic rings. The van der Waals surface area contributed by atoms with Gasteiger partial charge in [-0.25, -0.2) is 0 Å². The van der Waals surface area contributed by atoms with Crippen LogP contribution in [0.15, 0.2) is 24.3 Å². The van der Waals surface area contributed by atoms with Gasteiger partial charge in [0.15, 0.2) is 6.10 Å². The first-order valence-electron chi connectivity index (χ1n) is 6.77. The van der Waals surface area contributed by atoms with E-state index in [1.807, 2.05) is 45.0 Å². The predicted octanol–water partition coefficient (Wildman–Crippen LogP) is 1.88. The second kappa shape index (κ2) is 7.79. The van der Waals surface area contributed by atoms with E-state index in [0.717, 1.165) is 17.9 Å². The largest absolute Gasteiger partial charge is 0.481 e. The topological polar surface area (TPSA) is 50.4 Å². The van der Waals surface area contributed by atoms with Gasteiger partial charge < -0.3 is 15.4 Å². The Morgan fingerprint density at radius 1 is 1.37 bits per heavy atom. The number of nitrogens with one attached hydrogen (secondary N) is 2. The van der Waals surface area contributed by atoms with Gasteiger partial charge in [0.1, 0.15) is 5.75 Å². The number of benzene rings is 1. The molecular weight excluding hydrogens is 240 g/mol. The molecule has 0 aliphatic carbocycles. The number of carbonyl (C=O) groups is 1. The summed E-state index contributed by atoms with van der Waals surface area (Å²) in [6, 6.07) is 7.96. The van der Waals surface area contributed by atoms with Crippen molar-refractivity contribution in [2.24, 2.45) is 0 Å². The van der Waals surface area contributed by atoms with Crippen LogP contribution in [-0.2, 0) is 4.79 Å². The monoisotopic (exact) mass is 264 g/mol. The van der Waals surface area contributed by atoms with Crippen molar-refractivity contribution < 1.29 is 9.53 Å². The number of ether oxygens (including phenoxy) is 1. The van der Waals surface area contributed by atoms with Gasteiger partial charge in [0.2, 0.25) is 0 Å². The molecule has 0 aromatic heterocycles. The summed E-state index contributed by atoms with van der Waals surface area (Å²) in [5.41, 5.74) is 1.12. The second-order valence-electron chi connectivity index (χ2n) is 4.78. The molecule has 0 aliphatic heterocycles. The van der Waals surface area contributed by atoms with E-state index >= 15 is 0 Å². The van der Waals surface area contributed by atoms with Crippen molar-refractivity contribution in [3.63, 3.8) is 0 Å². The SMILES string of the molecule is CCN[C@H](C)CNC(=O)C(C)Oc1cccc(C)c1. The van der Waals surface area contributed by atoms with Gasteiger partial charge >= 0.3 is 0 Å². The molecule has 0 saturated heterocycles. The maximum atomic E-state index is 11.9. The molecule has 1 rings (SSSR count). The quantitative estimate of drug-likeness (QED) is 0.790. The average Bonchev–Trinajstić information content (AvgIpc) is 2.36. The Morgan fingerprint density at radius 2 is 2.11 bits per heavy atom. The molecular formula is C15H24N2O2. The molecule has 4 heteroatoms. The van der Waals surface area contributed by atoms with Crippen molar-refractivity contribution in [3.8, 4) is 5.75 Å². The summed E-state index contributed by atoms with van der Waals surface area (Å²) in [5.74, 6) is 0.633. The first-order valence-corrected chi connectivity index (χ1v) is 6.77. The fraction of sp³-hybridized carbons (Fsp3) is 0.533. The minimum absolute atomic E-state index is 0.0914. The Kier molecular flexibility index (Phi) is 6.36. The van der Waals surface area contributed by atoms with E-state index in [4.69, 9.17) is 4.74 Å². The van der Waals surface area contributed by atoms with Crippen molar-refractivity contribution in [2.75, 3.05) is 13.1 Å². The third-order valence-electron chi connectivity index (χ3n) is 2.81. The van der Waals surface area contributed by atoms with Crippen molar-refractivity contribution in [2.45, 2.75) is 39.8 Å². The highest BCUT2D eigenvalue weighted by Gasteiger charge is 2.15. The highest BCUT2D eigenvalue weighted by atomic mass is 16.5. The number of likely N-dealkylation sites (N-methyl/N-ethyl adjacent to an activating group) is 1. The van der Waals surface area contributed by atoms with Crippen LogP contribution in [-0.4, -0.2) is 31.1 Å². The van der Waals surface area contributed by atoms with Gasteiger partial charge in [-0.15, -0.1) is 0 Å². The predicted molar refractivity (Wildman–Crippen MR) is 77.4 cm³/mol. The smallest absolute Gasteiger partial charge is 0.260 e. The summed E-state index contributed by atoms with van der Waals surface area (Å²) in [6.07, 6.45) is -0.490. The van der Waals surface area contributed by atoms with Crippen LogP contribution in [0.5, 0.6) is 5.75 Å². The lowest BCUT2D eigenvalue weighted by Gasteiger charge is -2.17. The minimum Gasteiger partial charge on any atom is -0.481 e. The lowest BCUT2D eigenvalue weighted by atomic mass is 10.2. The lowest BCUT2D eigenvalue weighted by molar-refractivity contribution is -0.127. The Morgan fingerprint density at radius 3 is 2.74 bits per heavy atom. The Hall–Kier alpha value is -1.55. The minimum atomic E-state index is -0.490. The Balaban J connectivity index is 2.40. The summed E-state index contributed by atoms with van der Waals surface area (Å²) in [7, 11) is 0. The van der Waals surface area contributed by atoms with Gasteiger partial charge in [-0.1, -0.05) is 19.1 Å². The van der Waals surface area contributed by atoms with Gasteiger partial charge in [0, 0.05) is 12.6 Å². The average molecular weight is 264 g/mol. The Labute approximate surface area is 115 Å². The zero-order valence-corrected chi connectivity index (χ0v) is 12.2. The van der Waals surface area contributed by atoms with Crippen LogP contribution in [0.4, 0.5) is 0 Å². The lowest BCUT2D eigenvalue weighted by Crippen LogP contribution is -2.43. The maximum Gasteiger partial charge on any atom is 0.260 e. The Bertz CT molecular complexity index is 407. The zero-order chi connectivity index (χ0) is 14.3. The summed E-state index contributed by atoms with van der Waals surface area (Å²) < 4.78 is 5.62. The van der Waals surface area contributed by atoms with E-state index in [2.05, 4.69) is 10.6 Å². The summed E-state index contributed by atoms with van der Waals surface area (Å²) in [5, 5.41) is 6.12. The van der Waals surface area contributed by atoms with E-state index in [0.29, 0.717) is 6.54 Å². The van der Waals surface area contributed by atoms with Crippen LogP contribution in [0.2, 0.25) is 0 Å². The van der Waals surface area contributed by atoms with Crippen molar-refractivity contribution >= 4 is 5.91 Å².